The molecule has 2 fully saturated rings. The lowest BCUT2D eigenvalue weighted by Gasteiger charge is -2.00. The molecule has 1 N–H and O–H groups in total. The van der Waals surface area contributed by atoms with Gasteiger partial charge in [-0.3, -0.25) is 14.4 Å². The van der Waals surface area contributed by atoms with Crippen molar-refractivity contribution in [2.75, 3.05) is 19.8 Å². The van der Waals surface area contributed by atoms with E-state index in [1.807, 2.05) is 83.4 Å². The molecule has 2 aliphatic carbocycles. The molecule has 4 aromatic heterocycles. The number of thiazole rings is 4. The largest absolute Gasteiger partial charge is 0.466 e. The first-order chi connectivity index (χ1) is 29.0. The van der Waals surface area contributed by atoms with Gasteiger partial charge in [-0.2, -0.15) is 0 Å². The molecule has 11 nitrogen and oxygen atoms in total. The van der Waals surface area contributed by atoms with E-state index in [-0.39, 0.29) is 59.8 Å². The second-order valence-electron chi connectivity index (χ2n) is 13.7. The average Bonchev–Trinajstić information content (AvgIpc) is 3.81. The van der Waals surface area contributed by atoms with Crippen molar-refractivity contribution in [1.29, 1.82) is 0 Å². The Bertz CT molecular complexity index is 2340. The van der Waals surface area contributed by atoms with Crippen LogP contribution in [0.4, 0.5) is 0 Å². The maximum atomic E-state index is 12.1. The van der Waals surface area contributed by atoms with Gasteiger partial charge in [-0.25, -0.2) is 24.7 Å². The quantitative estimate of drug-likeness (QED) is 0.0709. The van der Waals surface area contributed by atoms with E-state index in [0.717, 1.165) is 36.1 Å². The van der Waals surface area contributed by atoms with E-state index in [0.29, 0.717) is 18.1 Å². The van der Waals surface area contributed by atoms with Crippen LogP contribution in [0.3, 0.4) is 0 Å². The van der Waals surface area contributed by atoms with E-state index < -0.39 is 0 Å². The van der Waals surface area contributed by atoms with Crippen molar-refractivity contribution in [2.45, 2.75) is 65.2 Å². The number of carbonyl (C=O) groups excluding carboxylic acids is 4. The van der Waals surface area contributed by atoms with Gasteiger partial charge in [-0.15, -0.1) is 45.3 Å². The molecule has 15 heteroatoms. The van der Waals surface area contributed by atoms with Gasteiger partial charge in [0.05, 0.1) is 44.0 Å². The highest BCUT2D eigenvalue weighted by molar-refractivity contribution is 7.13. The number of benzene rings is 2. The third kappa shape index (κ3) is 12.7. The summed E-state index contributed by atoms with van der Waals surface area (Å²) in [6.07, 6.45) is 11.0. The molecular weight excluding hydrogens is 837 g/mol. The van der Waals surface area contributed by atoms with Crippen molar-refractivity contribution >= 4 is 75.4 Å². The highest BCUT2D eigenvalue weighted by atomic mass is 32.1. The van der Waals surface area contributed by atoms with Crippen molar-refractivity contribution in [1.82, 2.24) is 19.9 Å². The second kappa shape index (κ2) is 22.5. The Morgan fingerprint density at radius 2 is 1.07 bits per heavy atom. The van der Waals surface area contributed by atoms with Gasteiger partial charge in [0.2, 0.25) is 0 Å². The molecule has 60 heavy (non-hydrogen) atoms. The van der Waals surface area contributed by atoms with Crippen LogP contribution in [0.5, 0.6) is 0 Å². The van der Waals surface area contributed by atoms with E-state index in [4.69, 9.17) is 14.6 Å². The van der Waals surface area contributed by atoms with Crippen molar-refractivity contribution in [3.05, 3.63) is 142 Å². The van der Waals surface area contributed by atoms with Gasteiger partial charge in [-0.1, -0.05) is 60.7 Å². The molecule has 0 spiro atoms. The number of Topliss-reactive ketones (excluding diaryl/α,β-unsaturated/α-hetero) is 1. The van der Waals surface area contributed by atoms with Crippen LogP contribution < -0.4 is 0 Å². The van der Waals surface area contributed by atoms with Gasteiger partial charge in [0.25, 0.3) is 0 Å². The number of aliphatic hydroxyl groups is 1. The zero-order valence-corrected chi connectivity index (χ0v) is 37.5. The van der Waals surface area contributed by atoms with E-state index in [1.54, 1.807) is 59.4 Å². The minimum atomic E-state index is -0.373. The Morgan fingerprint density at radius 3 is 1.47 bits per heavy atom. The molecule has 0 aliphatic heterocycles. The number of hydrogen-bond donors (Lipinski definition) is 1. The number of ketones is 1. The summed E-state index contributed by atoms with van der Waals surface area (Å²) in [5.74, 6) is 0.229. The zero-order chi connectivity index (χ0) is 43.2. The number of aldehydes is 1. The Morgan fingerprint density at radius 1 is 0.617 bits per heavy atom. The molecule has 2 saturated carbocycles. The molecule has 314 valence electrons. The molecule has 6 atom stereocenters. The molecule has 0 unspecified atom stereocenters. The third-order valence-electron chi connectivity index (χ3n) is 9.50. The van der Waals surface area contributed by atoms with Gasteiger partial charge in [0, 0.05) is 75.1 Å². The minimum Gasteiger partial charge on any atom is -0.466 e. The zero-order valence-electron chi connectivity index (χ0n) is 34.2. The first-order valence-electron chi connectivity index (χ1n) is 19.4. The number of ether oxygens (including phenoxy) is 2. The van der Waals surface area contributed by atoms with Crippen LogP contribution in [-0.2, 0) is 23.9 Å². The lowest BCUT2D eigenvalue weighted by atomic mass is 10.1. The molecule has 0 radical (unpaired) electrons. The number of carbonyl (C=O) groups is 4. The molecule has 0 saturated heterocycles. The fourth-order valence-corrected chi connectivity index (χ4v) is 10.1. The van der Waals surface area contributed by atoms with Gasteiger partial charge in [-0.05, 0) is 58.7 Å². The summed E-state index contributed by atoms with van der Waals surface area (Å²) in [6.45, 7) is 11.9. The van der Waals surface area contributed by atoms with Crippen molar-refractivity contribution in [3.8, 4) is 0 Å². The maximum Gasteiger partial charge on any atom is 0.330 e. The highest BCUT2D eigenvalue weighted by Crippen LogP contribution is 2.62. The summed E-state index contributed by atoms with van der Waals surface area (Å²) in [6, 6.07) is 20.3. The molecule has 2 aromatic carbocycles. The SMILES string of the molecule is CCOC(=O)/C=C/c1cnc(C)s1.CCOC(=O)[C@@H]1[C@H](c2ccccc2)[C@H]1c1cnc(C)s1.Cc1ncc(C=O)s1.Cc1ncc([C@H]2[C@H](C(=O)CO)[C@@H]2c2ccccc2)s1. The fraction of sp³-hybridized carbons (Fsp3) is 0.333. The van der Waals surface area contributed by atoms with Gasteiger partial charge < -0.3 is 14.6 Å². The first-order valence-corrected chi connectivity index (χ1v) is 22.7. The Kier molecular flexibility index (Phi) is 17.3. The van der Waals surface area contributed by atoms with Crippen LogP contribution in [0.2, 0.25) is 0 Å². The summed E-state index contributed by atoms with van der Waals surface area (Å²) in [5, 5.41) is 13.1. The normalized spacial score (nSPS) is 19.6. The van der Waals surface area contributed by atoms with Crippen molar-refractivity contribution in [3.63, 3.8) is 0 Å². The van der Waals surface area contributed by atoms with Crippen LogP contribution >= 0.6 is 45.3 Å². The monoisotopic (exact) mass is 884 g/mol. The Hall–Kier alpha value is -5.06. The number of nitrogens with zero attached hydrogens (tertiary/aromatic N) is 4. The summed E-state index contributed by atoms with van der Waals surface area (Å²) >= 11 is 6.27. The Balaban J connectivity index is 0.000000159. The van der Waals surface area contributed by atoms with E-state index in [1.165, 1.54) is 33.4 Å². The van der Waals surface area contributed by atoms with Crippen LogP contribution in [0.25, 0.3) is 6.08 Å². The number of rotatable bonds is 12. The number of aryl methyl sites for hydroxylation is 4. The predicted molar refractivity (Wildman–Crippen MR) is 238 cm³/mol. The summed E-state index contributed by atoms with van der Waals surface area (Å²) in [4.78, 5) is 65.4. The van der Waals surface area contributed by atoms with Crippen molar-refractivity contribution in [2.24, 2.45) is 11.8 Å². The summed E-state index contributed by atoms with van der Waals surface area (Å²) in [7, 11) is 0. The average molecular weight is 885 g/mol. The molecule has 2 aliphatic rings. The molecule has 0 bridgehead atoms. The fourth-order valence-electron chi connectivity index (χ4n) is 6.84. The maximum absolute atomic E-state index is 12.1. The lowest BCUT2D eigenvalue weighted by Crippen LogP contribution is -2.08. The van der Waals surface area contributed by atoms with Gasteiger partial charge in [0.15, 0.2) is 12.1 Å². The Labute approximate surface area is 366 Å². The van der Waals surface area contributed by atoms with Gasteiger partial charge in [0.1, 0.15) is 6.61 Å². The standard InChI is InChI=1S/C16H17NO2S.C15H15NO2S.C9H11NO2S.C5H5NOS/c1-3-19-16(18)15-13(11-7-5-4-6-8-11)14(15)12-9-17-10(2)20-12;1-9-16-7-12(19-9)15-13(14(15)11(18)8-17)10-5-3-2-4-6-10;1-3-12-9(11)5-4-8-6-10-7(2)13-8;1-4-6-2-5(3-7)8-4/h4-9,13-15H,3H2,1-2H3;2-7,13-15,17H,8H2,1H3;4-6H,3H2,1-2H3;2-3H,1H3/b;;5-4+;/t13-,14-,15-;13-,14+,15+;;/m10../s1. The second-order valence-corrected chi connectivity index (χ2v) is 18.7. The molecule has 6 aromatic rings. The van der Waals surface area contributed by atoms with E-state index in [2.05, 4.69) is 44.2 Å². The number of esters is 2. The number of aliphatic hydroxyl groups excluding tert-OH is 1. The predicted octanol–water partition coefficient (Wildman–Crippen LogP) is 9.31. The topological polar surface area (TPSA) is 159 Å². The van der Waals surface area contributed by atoms with Crippen LogP contribution in [0.15, 0.2) is 91.5 Å². The minimum absolute atomic E-state index is 0.0581. The number of aromatic nitrogens is 4. The summed E-state index contributed by atoms with van der Waals surface area (Å²) < 4.78 is 9.95. The highest BCUT2D eigenvalue weighted by Gasteiger charge is 2.58. The van der Waals surface area contributed by atoms with Crippen LogP contribution in [-0.4, -0.2) is 68.9 Å². The smallest absolute Gasteiger partial charge is 0.330 e. The lowest BCUT2D eigenvalue weighted by molar-refractivity contribution is -0.145. The molecule has 4 heterocycles. The molecule has 0 amide bonds. The molecular formula is C45H48N4O7S4. The van der Waals surface area contributed by atoms with E-state index in [9.17, 15) is 19.2 Å². The first kappa shape index (κ1) is 46.0. The van der Waals surface area contributed by atoms with Crippen LogP contribution in [0, 0.1) is 39.5 Å². The van der Waals surface area contributed by atoms with Crippen molar-refractivity contribution < 1.29 is 33.8 Å². The van der Waals surface area contributed by atoms with Crippen LogP contribution in [0.1, 0.15) is 93.0 Å². The number of hydrogen-bond acceptors (Lipinski definition) is 15. The van der Waals surface area contributed by atoms with E-state index >= 15 is 0 Å². The third-order valence-corrected chi connectivity index (χ3v) is 13.2. The summed E-state index contributed by atoms with van der Waals surface area (Å²) in [5.41, 5.74) is 2.38. The molecule has 8 rings (SSSR count). The van der Waals surface area contributed by atoms with Gasteiger partial charge >= 0.3 is 11.9 Å².